The molecule has 1 aliphatic carbocycles. The lowest BCUT2D eigenvalue weighted by molar-refractivity contribution is 0.0932. The fraction of sp³-hybridized carbons (Fsp3) is 0.714. The monoisotopic (exact) mass is 312 g/mol. The molecule has 1 fully saturated rings. The van der Waals surface area contributed by atoms with Crippen LogP contribution < -0.4 is 16.4 Å². The predicted octanol–water partition coefficient (Wildman–Crippen LogP) is 2.09. The zero-order valence-electron chi connectivity index (χ0n) is 12.6. The number of nitrogens with one attached hydrogen (secondary N) is 2. The van der Waals surface area contributed by atoms with Crippen LogP contribution in [0, 0.1) is 5.92 Å². The maximum Gasteiger partial charge on any atom is 0.265 e. The number of nitrogens with zero attached hydrogens (tertiary/aromatic N) is 1. The lowest BCUT2D eigenvalue weighted by atomic mass is 10.00. The van der Waals surface area contributed by atoms with E-state index in [-0.39, 0.29) is 17.8 Å². The summed E-state index contributed by atoms with van der Waals surface area (Å²) < 4.78 is 4.96. The highest BCUT2D eigenvalue weighted by molar-refractivity contribution is 7.18. The Morgan fingerprint density at radius 2 is 2.24 bits per heavy atom. The van der Waals surface area contributed by atoms with Gasteiger partial charge >= 0.3 is 0 Å². The molecule has 1 atom stereocenters. The van der Waals surface area contributed by atoms with Gasteiger partial charge in [-0.05, 0) is 25.7 Å². The highest BCUT2D eigenvalue weighted by atomic mass is 32.1. The Kier molecular flexibility index (Phi) is 5.81. The molecule has 7 heteroatoms. The molecule has 0 spiro atoms. The number of amides is 1. The van der Waals surface area contributed by atoms with Crippen molar-refractivity contribution in [3.8, 4) is 0 Å². The zero-order chi connectivity index (χ0) is 15.2. The van der Waals surface area contributed by atoms with Crippen molar-refractivity contribution in [1.82, 2.24) is 10.3 Å². The van der Waals surface area contributed by atoms with Gasteiger partial charge in [-0.15, -0.1) is 0 Å². The summed E-state index contributed by atoms with van der Waals surface area (Å²) in [5, 5.41) is 6.81. The summed E-state index contributed by atoms with van der Waals surface area (Å²) in [6.45, 7) is 3.30. The van der Waals surface area contributed by atoms with Gasteiger partial charge in [0.25, 0.3) is 5.91 Å². The largest absolute Gasteiger partial charge is 0.383 e. The Labute approximate surface area is 129 Å². The molecule has 0 bridgehead atoms. The van der Waals surface area contributed by atoms with Crippen LogP contribution in [0.25, 0.3) is 0 Å². The van der Waals surface area contributed by atoms with Crippen LogP contribution in [0.2, 0.25) is 0 Å². The van der Waals surface area contributed by atoms with Crippen molar-refractivity contribution in [2.45, 2.75) is 38.6 Å². The average molecular weight is 312 g/mol. The summed E-state index contributed by atoms with van der Waals surface area (Å²) >= 11 is 1.29. The van der Waals surface area contributed by atoms with Gasteiger partial charge in [-0.2, -0.15) is 0 Å². The fourth-order valence-electron chi connectivity index (χ4n) is 2.68. The molecule has 2 rings (SSSR count). The van der Waals surface area contributed by atoms with Crippen LogP contribution in [-0.2, 0) is 4.74 Å². The van der Waals surface area contributed by atoms with Crippen molar-refractivity contribution in [3.63, 3.8) is 0 Å². The van der Waals surface area contributed by atoms with E-state index in [0.29, 0.717) is 29.1 Å². The van der Waals surface area contributed by atoms with Gasteiger partial charge in [-0.1, -0.05) is 24.2 Å². The fourth-order valence-corrected chi connectivity index (χ4v) is 3.49. The summed E-state index contributed by atoms with van der Waals surface area (Å²) in [6.07, 6.45) is 4.93. The van der Waals surface area contributed by atoms with E-state index in [1.165, 1.54) is 37.0 Å². The number of rotatable bonds is 7. The Hall–Kier alpha value is -1.34. The van der Waals surface area contributed by atoms with Crippen molar-refractivity contribution in [3.05, 3.63) is 4.88 Å². The van der Waals surface area contributed by atoms with Gasteiger partial charge in [0.05, 0.1) is 6.61 Å². The Morgan fingerprint density at radius 3 is 2.90 bits per heavy atom. The third-order valence-electron chi connectivity index (χ3n) is 3.91. The predicted molar refractivity (Wildman–Crippen MR) is 85.8 cm³/mol. The lowest BCUT2D eigenvalue weighted by Crippen LogP contribution is -2.37. The van der Waals surface area contributed by atoms with Crippen LogP contribution in [0.5, 0.6) is 0 Å². The van der Waals surface area contributed by atoms with E-state index < -0.39 is 0 Å². The Balaban J connectivity index is 1.92. The van der Waals surface area contributed by atoms with Gasteiger partial charge in [0, 0.05) is 19.7 Å². The second kappa shape index (κ2) is 7.61. The van der Waals surface area contributed by atoms with Gasteiger partial charge < -0.3 is 21.1 Å². The number of hydrogen-bond donors (Lipinski definition) is 3. The smallest absolute Gasteiger partial charge is 0.265 e. The summed E-state index contributed by atoms with van der Waals surface area (Å²) in [4.78, 5) is 17.0. The second-order valence-electron chi connectivity index (χ2n) is 5.46. The Morgan fingerprint density at radius 1 is 1.52 bits per heavy atom. The molecule has 21 heavy (non-hydrogen) atoms. The molecule has 1 aliphatic rings. The third kappa shape index (κ3) is 4.31. The highest BCUT2D eigenvalue weighted by Gasteiger charge is 2.25. The van der Waals surface area contributed by atoms with E-state index in [9.17, 15) is 4.79 Å². The molecule has 1 aromatic rings. The standard InChI is InChI=1S/C14H24N4O2S/c1-9(10-5-3-4-6-10)17-13(19)11-12(15)18-14(21-11)16-7-8-20-2/h9-10H,3-8,15H2,1-2H3,(H,16,18)(H,17,19). The van der Waals surface area contributed by atoms with E-state index in [1.807, 2.05) is 0 Å². The number of carbonyl (C=O) groups excluding carboxylic acids is 1. The number of ether oxygens (including phenoxy) is 1. The van der Waals surface area contributed by atoms with Crippen LogP contribution in [0.3, 0.4) is 0 Å². The summed E-state index contributed by atoms with van der Waals surface area (Å²) in [6, 6.07) is 0.186. The third-order valence-corrected chi connectivity index (χ3v) is 4.94. The number of nitrogens with two attached hydrogens (primary N) is 1. The number of hydrogen-bond acceptors (Lipinski definition) is 6. The minimum Gasteiger partial charge on any atom is -0.383 e. The molecule has 1 heterocycles. The lowest BCUT2D eigenvalue weighted by Gasteiger charge is -2.19. The second-order valence-corrected chi connectivity index (χ2v) is 6.46. The van der Waals surface area contributed by atoms with Gasteiger partial charge in [0.15, 0.2) is 5.13 Å². The van der Waals surface area contributed by atoms with Crippen LogP contribution in [0.4, 0.5) is 10.9 Å². The molecular formula is C14H24N4O2S. The van der Waals surface area contributed by atoms with Gasteiger partial charge in [0.2, 0.25) is 0 Å². The van der Waals surface area contributed by atoms with Gasteiger partial charge in [-0.3, -0.25) is 4.79 Å². The topological polar surface area (TPSA) is 89.3 Å². The number of aromatic nitrogens is 1. The molecule has 1 unspecified atom stereocenters. The minimum atomic E-state index is -0.121. The maximum atomic E-state index is 12.3. The van der Waals surface area contributed by atoms with Crippen molar-refractivity contribution < 1.29 is 9.53 Å². The van der Waals surface area contributed by atoms with Crippen molar-refractivity contribution in [2.75, 3.05) is 31.3 Å². The molecule has 1 aromatic heterocycles. The first kappa shape index (κ1) is 16.0. The average Bonchev–Trinajstić information content (AvgIpc) is 3.08. The van der Waals surface area contributed by atoms with E-state index in [0.717, 1.165) is 0 Å². The first-order chi connectivity index (χ1) is 10.1. The van der Waals surface area contributed by atoms with Gasteiger partial charge in [0.1, 0.15) is 10.7 Å². The summed E-state index contributed by atoms with van der Waals surface area (Å²) in [7, 11) is 1.64. The summed E-state index contributed by atoms with van der Waals surface area (Å²) in [5.41, 5.74) is 5.84. The molecule has 0 saturated heterocycles. The van der Waals surface area contributed by atoms with Crippen molar-refractivity contribution in [1.29, 1.82) is 0 Å². The molecule has 0 radical (unpaired) electrons. The van der Waals surface area contributed by atoms with E-state index in [2.05, 4.69) is 22.5 Å². The molecule has 1 amide bonds. The normalized spacial score (nSPS) is 16.9. The van der Waals surface area contributed by atoms with Crippen LogP contribution in [0.15, 0.2) is 0 Å². The number of nitrogen functional groups attached to an aromatic ring is 1. The molecule has 0 aliphatic heterocycles. The summed E-state index contributed by atoms with van der Waals surface area (Å²) in [5.74, 6) is 0.752. The quantitative estimate of drug-likeness (QED) is 0.671. The maximum absolute atomic E-state index is 12.3. The number of anilines is 2. The van der Waals surface area contributed by atoms with Crippen molar-refractivity contribution >= 4 is 28.2 Å². The van der Waals surface area contributed by atoms with Crippen LogP contribution in [-0.4, -0.2) is 37.2 Å². The first-order valence-corrected chi connectivity index (χ1v) is 8.23. The molecular weight excluding hydrogens is 288 g/mol. The van der Waals surface area contributed by atoms with Crippen LogP contribution in [0.1, 0.15) is 42.3 Å². The molecule has 118 valence electrons. The van der Waals surface area contributed by atoms with Gasteiger partial charge in [-0.25, -0.2) is 4.98 Å². The molecule has 1 saturated carbocycles. The molecule has 0 aromatic carbocycles. The van der Waals surface area contributed by atoms with Crippen LogP contribution >= 0.6 is 11.3 Å². The first-order valence-electron chi connectivity index (χ1n) is 7.41. The zero-order valence-corrected chi connectivity index (χ0v) is 13.5. The highest BCUT2D eigenvalue weighted by Crippen LogP contribution is 2.29. The Bertz CT molecular complexity index is 472. The molecule has 4 N–H and O–H groups in total. The number of carbonyl (C=O) groups is 1. The number of methoxy groups -OCH3 is 1. The minimum absolute atomic E-state index is 0.121. The number of thiazole rings is 1. The molecule has 6 nitrogen and oxygen atoms in total. The van der Waals surface area contributed by atoms with E-state index in [4.69, 9.17) is 10.5 Å². The van der Waals surface area contributed by atoms with E-state index >= 15 is 0 Å². The van der Waals surface area contributed by atoms with E-state index in [1.54, 1.807) is 7.11 Å². The SMILES string of the molecule is COCCNc1nc(N)c(C(=O)NC(C)C2CCCC2)s1. The van der Waals surface area contributed by atoms with Crippen molar-refractivity contribution in [2.24, 2.45) is 5.92 Å².